The summed E-state index contributed by atoms with van der Waals surface area (Å²) in [7, 11) is 0. The van der Waals surface area contributed by atoms with Gasteiger partial charge in [0.25, 0.3) is 0 Å². The van der Waals surface area contributed by atoms with Gasteiger partial charge in [0, 0.05) is 17.7 Å². The van der Waals surface area contributed by atoms with Crippen LogP contribution in [0.5, 0.6) is 5.75 Å². The Labute approximate surface area is 100 Å². The molecule has 3 N–H and O–H groups in total. The third kappa shape index (κ3) is 2.76. The average Bonchev–Trinajstić information content (AvgIpc) is 2.64. The van der Waals surface area contributed by atoms with Gasteiger partial charge in [-0.1, -0.05) is 6.07 Å². The van der Waals surface area contributed by atoms with Crippen molar-refractivity contribution in [2.24, 2.45) is 5.73 Å². The highest BCUT2D eigenvalue weighted by molar-refractivity contribution is 5.36. The minimum atomic E-state index is -0.459. The molecule has 1 saturated carbocycles. The molecule has 0 spiro atoms. The van der Waals surface area contributed by atoms with Crippen molar-refractivity contribution in [3.8, 4) is 5.75 Å². The number of ether oxygens (including phenoxy) is 1. The van der Waals surface area contributed by atoms with Crippen LogP contribution in [-0.2, 0) is 0 Å². The summed E-state index contributed by atoms with van der Waals surface area (Å²) in [5.74, 6) is 0.0998. The van der Waals surface area contributed by atoms with Crippen LogP contribution in [0, 0.1) is 5.82 Å². The first-order valence-corrected chi connectivity index (χ1v) is 5.97. The quantitative estimate of drug-likeness (QED) is 0.849. The molecule has 1 aliphatic rings. The molecule has 17 heavy (non-hydrogen) atoms. The summed E-state index contributed by atoms with van der Waals surface area (Å²) in [4.78, 5) is 0. The molecular formula is C13H18FNO2. The number of nitrogens with two attached hydrogens (primary N) is 1. The van der Waals surface area contributed by atoms with Crippen molar-refractivity contribution in [2.45, 2.75) is 44.4 Å². The van der Waals surface area contributed by atoms with Crippen LogP contribution in [0.3, 0.4) is 0 Å². The van der Waals surface area contributed by atoms with E-state index in [9.17, 15) is 9.50 Å². The van der Waals surface area contributed by atoms with E-state index in [1.54, 1.807) is 6.07 Å². The van der Waals surface area contributed by atoms with Crippen LogP contribution in [-0.4, -0.2) is 17.3 Å². The molecule has 1 fully saturated rings. The first-order chi connectivity index (χ1) is 8.08. The number of benzene rings is 1. The van der Waals surface area contributed by atoms with Crippen LogP contribution < -0.4 is 10.5 Å². The molecular weight excluding hydrogens is 221 g/mol. The van der Waals surface area contributed by atoms with Gasteiger partial charge < -0.3 is 15.6 Å². The van der Waals surface area contributed by atoms with Crippen molar-refractivity contribution < 1.29 is 14.2 Å². The lowest BCUT2D eigenvalue weighted by Crippen LogP contribution is -2.26. The monoisotopic (exact) mass is 239 g/mol. The van der Waals surface area contributed by atoms with Gasteiger partial charge in [-0.25, -0.2) is 4.39 Å². The second kappa shape index (κ2) is 5.02. The first kappa shape index (κ1) is 12.3. The molecule has 0 heterocycles. The Hall–Kier alpha value is -1.13. The van der Waals surface area contributed by atoms with Crippen molar-refractivity contribution in [1.29, 1.82) is 0 Å². The molecule has 1 aliphatic carbocycles. The number of hydrogen-bond acceptors (Lipinski definition) is 3. The van der Waals surface area contributed by atoms with Crippen LogP contribution in [0.4, 0.5) is 4.39 Å². The van der Waals surface area contributed by atoms with E-state index in [2.05, 4.69) is 0 Å². The van der Waals surface area contributed by atoms with E-state index in [0.717, 1.165) is 24.8 Å². The Kier molecular flexibility index (Phi) is 3.64. The van der Waals surface area contributed by atoms with Gasteiger partial charge in [0.2, 0.25) is 0 Å². The molecule has 4 heteroatoms. The van der Waals surface area contributed by atoms with Gasteiger partial charge in [-0.3, -0.25) is 0 Å². The second-order valence-corrected chi connectivity index (χ2v) is 4.63. The molecule has 0 aliphatic heterocycles. The molecule has 0 amide bonds. The van der Waals surface area contributed by atoms with Gasteiger partial charge >= 0.3 is 0 Å². The third-order valence-electron chi connectivity index (χ3n) is 3.16. The van der Waals surface area contributed by atoms with E-state index in [-0.39, 0.29) is 18.0 Å². The minimum Gasteiger partial charge on any atom is -0.487 e. The predicted molar refractivity (Wildman–Crippen MR) is 63.3 cm³/mol. The van der Waals surface area contributed by atoms with Crippen molar-refractivity contribution in [3.63, 3.8) is 0 Å². The SMILES string of the molecule is CC(N)c1ccc(F)cc1OC1CCCC1O. The molecule has 0 aromatic heterocycles. The zero-order valence-electron chi connectivity index (χ0n) is 9.90. The highest BCUT2D eigenvalue weighted by Gasteiger charge is 2.27. The summed E-state index contributed by atoms with van der Waals surface area (Å²) in [6.07, 6.45) is 1.78. The van der Waals surface area contributed by atoms with Gasteiger partial charge in [0.05, 0.1) is 6.10 Å². The molecule has 0 saturated heterocycles. The second-order valence-electron chi connectivity index (χ2n) is 4.63. The van der Waals surface area contributed by atoms with Crippen molar-refractivity contribution >= 4 is 0 Å². The van der Waals surface area contributed by atoms with Crippen molar-refractivity contribution in [1.82, 2.24) is 0 Å². The van der Waals surface area contributed by atoms with Crippen molar-refractivity contribution in [2.75, 3.05) is 0 Å². The summed E-state index contributed by atoms with van der Waals surface area (Å²) in [6, 6.07) is 4.13. The molecule has 0 radical (unpaired) electrons. The maximum Gasteiger partial charge on any atom is 0.127 e. The summed E-state index contributed by atoms with van der Waals surface area (Å²) in [6.45, 7) is 1.82. The lowest BCUT2D eigenvalue weighted by atomic mass is 10.1. The fourth-order valence-electron chi connectivity index (χ4n) is 2.19. The summed E-state index contributed by atoms with van der Waals surface area (Å²) >= 11 is 0. The van der Waals surface area contributed by atoms with E-state index in [1.165, 1.54) is 12.1 Å². The van der Waals surface area contributed by atoms with Crippen molar-refractivity contribution in [3.05, 3.63) is 29.6 Å². The normalized spacial score (nSPS) is 25.9. The molecule has 0 bridgehead atoms. The lowest BCUT2D eigenvalue weighted by molar-refractivity contribution is 0.0594. The number of aliphatic hydroxyl groups is 1. The number of rotatable bonds is 3. The summed E-state index contributed by atoms with van der Waals surface area (Å²) < 4.78 is 18.9. The van der Waals surface area contributed by atoms with Crippen LogP contribution >= 0.6 is 0 Å². The zero-order chi connectivity index (χ0) is 12.4. The number of halogens is 1. The lowest BCUT2D eigenvalue weighted by Gasteiger charge is -2.20. The standard InChI is InChI=1S/C13H18FNO2/c1-8(15)10-6-5-9(14)7-13(10)17-12-4-2-3-11(12)16/h5-8,11-12,16H,2-4,15H2,1H3. The molecule has 2 rings (SSSR count). The topological polar surface area (TPSA) is 55.5 Å². The molecule has 1 aromatic carbocycles. The molecule has 94 valence electrons. The van der Waals surface area contributed by atoms with Gasteiger partial charge in [0.1, 0.15) is 17.7 Å². The highest BCUT2D eigenvalue weighted by Crippen LogP contribution is 2.30. The Balaban J connectivity index is 2.21. The maximum absolute atomic E-state index is 13.2. The van der Waals surface area contributed by atoms with Crippen LogP contribution in [0.2, 0.25) is 0 Å². The Bertz CT molecular complexity index is 395. The van der Waals surface area contributed by atoms with E-state index in [1.807, 2.05) is 6.92 Å². The van der Waals surface area contributed by atoms with Gasteiger partial charge in [0.15, 0.2) is 0 Å². The predicted octanol–water partition coefficient (Wildman–Crippen LogP) is 2.14. The van der Waals surface area contributed by atoms with Gasteiger partial charge in [-0.15, -0.1) is 0 Å². The minimum absolute atomic E-state index is 0.218. The fourth-order valence-corrected chi connectivity index (χ4v) is 2.19. The molecule has 3 nitrogen and oxygen atoms in total. The summed E-state index contributed by atoms with van der Waals surface area (Å²) in [5, 5.41) is 9.70. The van der Waals surface area contributed by atoms with Gasteiger partial charge in [-0.2, -0.15) is 0 Å². The van der Waals surface area contributed by atoms with Crippen LogP contribution in [0.15, 0.2) is 18.2 Å². The van der Waals surface area contributed by atoms with Gasteiger partial charge in [-0.05, 0) is 32.3 Å². The number of hydrogen-bond donors (Lipinski definition) is 2. The van der Waals surface area contributed by atoms with Crippen LogP contribution in [0.25, 0.3) is 0 Å². The van der Waals surface area contributed by atoms with E-state index >= 15 is 0 Å². The largest absolute Gasteiger partial charge is 0.487 e. The van der Waals surface area contributed by atoms with E-state index < -0.39 is 6.10 Å². The van der Waals surface area contributed by atoms with E-state index in [0.29, 0.717) is 5.75 Å². The molecule has 3 atom stereocenters. The summed E-state index contributed by atoms with van der Waals surface area (Å²) in [5.41, 5.74) is 6.58. The fraction of sp³-hybridized carbons (Fsp3) is 0.538. The van der Waals surface area contributed by atoms with Crippen LogP contribution in [0.1, 0.15) is 37.8 Å². The number of aliphatic hydroxyl groups excluding tert-OH is 1. The third-order valence-corrected chi connectivity index (χ3v) is 3.16. The highest BCUT2D eigenvalue weighted by atomic mass is 19.1. The Morgan fingerprint density at radius 2 is 2.24 bits per heavy atom. The average molecular weight is 239 g/mol. The first-order valence-electron chi connectivity index (χ1n) is 5.97. The zero-order valence-corrected chi connectivity index (χ0v) is 9.90. The smallest absolute Gasteiger partial charge is 0.127 e. The Morgan fingerprint density at radius 1 is 1.47 bits per heavy atom. The van der Waals surface area contributed by atoms with E-state index in [4.69, 9.17) is 10.5 Å². The molecule has 1 aromatic rings. The Morgan fingerprint density at radius 3 is 2.82 bits per heavy atom. The maximum atomic E-state index is 13.2. The molecule has 3 unspecified atom stereocenters.